The summed E-state index contributed by atoms with van der Waals surface area (Å²) in [4.78, 5) is 23.0. The van der Waals surface area contributed by atoms with Gasteiger partial charge in [-0.2, -0.15) is 18.4 Å². The standard InChI is InChI=1S/C17H20F3NO4S.C3H4N2O2/c18-17(19,20)14-3-1-2-4-15(14)26(23,24)13-6-5-12(11-13)16(22)21-7-9-25-10-8-21;4-1-2-5-3(6)7/h1-4,12-13H,5-11H2;5H,2H2,(H,6,7)/t12-,13-;/m1./s1. The molecule has 1 aromatic rings. The van der Waals surface area contributed by atoms with Crippen LogP contribution in [-0.4, -0.2) is 68.5 Å². The second-order valence-corrected chi connectivity index (χ2v) is 9.62. The number of nitrogens with one attached hydrogen (secondary N) is 1. The summed E-state index contributed by atoms with van der Waals surface area (Å²) in [5, 5.41) is 16.4. The molecule has 182 valence electrons. The fourth-order valence-electron chi connectivity index (χ4n) is 3.73. The van der Waals surface area contributed by atoms with Gasteiger partial charge in [0.1, 0.15) is 6.54 Å². The Hall–Kier alpha value is -2.85. The van der Waals surface area contributed by atoms with Crippen LogP contribution in [0.2, 0.25) is 0 Å². The Morgan fingerprint density at radius 2 is 1.85 bits per heavy atom. The van der Waals surface area contributed by atoms with Crippen LogP contribution in [0.3, 0.4) is 0 Å². The number of sulfone groups is 1. The number of nitriles is 1. The number of ether oxygens (including phenoxy) is 1. The third kappa shape index (κ3) is 7.06. The van der Waals surface area contributed by atoms with E-state index in [4.69, 9.17) is 15.1 Å². The van der Waals surface area contributed by atoms with Gasteiger partial charge in [0, 0.05) is 19.0 Å². The normalized spacial score (nSPS) is 20.8. The Morgan fingerprint density at radius 1 is 1.21 bits per heavy atom. The first kappa shape index (κ1) is 26.4. The van der Waals surface area contributed by atoms with Crippen LogP contribution in [-0.2, 0) is 25.5 Å². The summed E-state index contributed by atoms with van der Waals surface area (Å²) in [6.07, 6.45) is -5.29. The van der Waals surface area contributed by atoms with Gasteiger partial charge in [-0.25, -0.2) is 13.2 Å². The van der Waals surface area contributed by atoms with Gasteiger partial charge in [-0.1, -0.05) is 12.1 Å². The zero-order valence-electron chi connectivity index (χ0n) is 17.5. The number of hydrogen-bond acceptors (Lipinski definition) is 6. The third-order valence-corrected chi connectivity index (χ3v) is 7.59. The number of alkyl halides is 3. The summed E-state index contributed by atoms with van der Waals surface area (Å²) in [6.45, 7) is 1.67. The van der Waals surface area contributed by atoms with Gasteiger partial charge in [0.15, 0.2) is 9.84 Å². The van der Waals surface area contributed by atoms with Gasteiger partial charge in [-0.05, 0) is 31.4 Å². The Balaban J connectivity index is 0.000000479. The molecule has 9 nitrogen and oxygen atoms in total. The molecule has 2 amide bonds. The van der Waals surface area contributed by atoms with E-state index in [0.29, 0.717) is 32.7 Å². The van der Waals surface area contributed by atoms with Crippen LogP contribution in [0.5, 0.6) is 0 Å². The average Bonchev–Trinajstić information content (AvgIpc) is 3.29. The molecule has 2 N–H and O–H groups in total. The van der Waals surface area contributed by atoms with Crippen LogP contribution in [0.4, 0.5) is 18.0 Å². The molecule has 0 aromatic heterocycles. The molecule has 2 fully saturated rings. The second kappa shape index (κ2) is 11.3. The maximum atomic E-state index is 13.2. The fraction of sp³-hybridized carbons (Fsp3) is 0.550. The Bertz CT molecular complexity index is 987. The summed E-state index contributed by atoms with van der Waals surface area (Å²) in [7, 11) is -4.17. The molecule has 1 saturated carbocycles. The van der Waals surface area contributed by atoms with Crippen molar-refractivity contribution in [3.63, 3.8) is 0 Å². The van der Waals surface area contributed by atoms with Gasteiger partial charge in [0.05, 0.1) is 35.0 Å². The van der Waals surface area contributed by atoms with Crippen LogP contribution < -0.4 is 5.32 Å². The minimum Gasteiger partial charge on any atom is -0.465 e. The number of halogens is 3. The molecule has 1 saturated heterocycles. The zero-order chi connectivity index (χ0) is 24.6. The Kier molecular flexibility index (Phi) is 9.07. The molecule has 0 radical (unpaired) electrons. The van der Waals surface area contributed by atoms with E-state index in [9.17, 15) is 31.2 Å². The summed E-state index contributed by atoms with van der Waals surface area (Å²) >= 11 is 0. The van der Waals surface area contributed by atoms with Crippen molar-refractivity contribution in [2.75, 3.05) is 32.8 Å². The monoisotopic (exact) mass is 491 g/mol. The van der Waals surface area contributed by atoms with E-state index in [1.54, 1.807) is 11.0 Å². The average molecular weight is 491 g/mol. The molecule has 0 spiro atoms. The number of rotatable bonds is 4. The van der Waals surface area contributed by atoms with Crippen molar-refractivity contribution < 1.29 is 41.0 Å². The fourth-order valence-corrected chi connectivity index (χ4v) is 5.78. The first-order valence-electron chi connectivity index (χ1n) is 10.1. The highest BCUT2D eigenvalue weighted by molar-refractivity contribution is 7.92. The highest BCUT2D eigenvalue weighted by atomic mass is 32.2. The minimum atomic E-state index is -4.74. The van der Waals surface area contributed by atoms with E-state index in [-0.39, 0.29) is 25.3 Å². The number of benzene rings is 1. The van der Waals surface area contributed by atoms with Crippen molar-refractivity contribution >= 4 is 21.8 Å². The molecule has 13 heteroatoms. The predicted molar refractivity (Wildman–Crippen MR) is 109 cm³/mol. The first-order chi connectivity index (χ1) is 15.5. The van der Waals surface area contributed by atoms with Gasteiger partial charge < -0.3 is 20.1 Å². The quantitative estimate of drug-likeness (QED) is 0.617. The predicted octanol–water partition coefficient (Wildman–Crippen LogP) is 2.28. The zero-order valence-corrected chi connectivity index (χ0v) is 18.4. The lowest BCUT2D eigenvalue weighted by Gasteiger charge is -2.29. The summed E-state index contributed by atoms with van der Waals surface area (Å²) < 4.78 is 70.3. The van der Waals surface area contributed by atoms with Crippen molar-refractivity contribution in [1.29, 1.82) is 5.26 Å². The van der Waals surface area contributed by atoms with E-state index in [0.717, 1.165) is 12.1 Å². The van der Waals surface area contributed by atoms with Crippen molar-refractivity contribution in [2.24, 2.45) is 5.92 Å². The number of morpholine rings is 1. The van der Waals surface area contributed by atoms with Gasteiger partial charge in [-0.3, -0.25) is 4.79 Å². The Morgan fingerprint density at radius 3 is 2.39 bits per heavy atom. The molecule has 1 aliphatic carbocycles. The molecule has 3 rings (SSSR count). The van der Waals surface area contributed by atoms with Gasteiger partial charge in [0.2, 0.25) is 5.91 Å². The molecule has 0 bridgehead atoms. The maximum absolute atomic E-state index is 13.2. The molecule has 2 aliphatic rings. The van der Waals surface area contributed by atoms with Crippen LogP contribution in [0.25, 0.3) is 0 Å². The molecule has 1 aliphatic heterocycles. The molecule has 2 atom stereocenters. The van der Waals surface area contributed by atoms with E-state index in [1.807, 2.05) is 5.32 Å². The van der Waals surface area contributed by atoms with Crippen LogP contribution in [0.15, 0.2) is 29.2 Å². The largest absolute Gasteiger partial charge is 0.465 e. The molecular formula is C20H24F3N3O6S. The van der Waals surface area contributed by atoms with Gasteiger partial charge in [-0.15, -0.1) is 0 Å². The smallest absolute Gasteiger partial charge is 0.417 e. The highest BCUT2D eigenvalue weighted by Crippen LogP contribution is 2.40. The summed E-state index contributed by atoms with van der Waals surface area (Å²) in [5.74, 6) is -0.596. The molecular weight excluding hydrogens is 467 g/mol. The van der Waals surface area contributed by atoms with E-state index < -0.39 is 43.7 Å². The van der Waals surface area contributed by atoms with E-state index in [2.05, 4.69) is 0 Å². The second-order valence-electron chi connectivity index (χ2n) is 7.43. The number of amides is 2. The SMILES string of the molecule is N#CCNC(=O)O.O=C([C@@H]1CC[C@@H](S(=O)(=O)c2ccccc2C(F)(F)F)C1)N1CCOCC1. The molecule has 0 unspecified atom stereocenters. The molecule has 1 aromatic carbocycles. The lowest BCUT2D eigenvalue weighted by molar-refractivity contribution is -0.140. The molecule has 33 heavy (non-hydrogen) atoms. The highest BCUT2D eigenvalue weighted by Gasteiger charge is 2.43. The summed E-state index contributed by atoms with van der Waals surface area (Å²) in [5.41, 5.74) is -1.15. The number of carbonyl (C=O) groups is 2. The van der Waals surface area contributed by atoms with E-state index >= 15 is 0 Å². The maximum Gasteiger partial charge on any atom is 0.417 e. The van der Waals surface area contributed by atoms with Crippen molar-refractivity contribution in [3.05, 3.63) is 29.8 Å². The Labute approximate surface area is 189 Å². The molecule has 1 heterocycles. The number of hydrogen-bond donors (Lipinski definition) is 2. The number of nitrogens with zero attached hydrogens (tertiary/aromatic N) is 2. The first-order valence-corrected chi connectivity index (χ1v) is 11.6. The number of carbonyl (C=O) groups excluding carboxylic acids is 1. The van der Waals surface area contributed by atoms with Gasteiger partial charge in [0.25, 0.3) is 0 Å². The van der Waals surface area contributed by atoms with Crippen molar-refractivity contribution in [1.82, 2.24) is 10.2 Å². The lowest BCUT2D eigenvalue weighted by Crippen LogP contribution is -2.43. The topological polar surface area (TPSA) is 137 Å². The van der Waals surface area contributed by atoms with Crippen LogP contribution in [0.1, 0.15) is 24.8 Å². The summed E-state index contributed by atoms with van der Waals surface area (Å²) in [6, 6.07) is 5.83. The lowest BCUT2D eigenvalue weighted by atomic mass is 10.1. The third-order valence-electron chi connectivity index (χ3n) is 5.31. The van der Waals surface area contributed by atoms with E-state index in [1.165, 1.54) is 12.1 Å². The van der Waals surface area contributed by atoms with Crippen molar-refractivity contribution in [3.8, 4) is 6.07 Å². The van der Waals surface area contributed by atoms with Crippen molar-refractivity contribution in [2.45, 2.75) is 35.6 Å². The van der Waals surface area contributed by atoms with Crippen LogP contribution >= 0.6 is 0 Å². The number of carboxylic acid groups (broad SMARTS) is 1. The van der Waals surface area contributed by atoms with Gasteiger partial charge >= 0.3 is 12.3 Å². The van der Waals surface area contributed by atoms with Crippen LogP contribution in [0, 0.1) is 17.2 Å². The minimum absolute atomic E-state index is 0.0602.